The molecule has 9 heteroatoms. The van der Waals surface area contributed by atoms with Gasteiger partial charge in [-0.25, -0.2) is 8.78 Å². The van der Waals surface area contributed by atoms with Crippen LogP contribution < -0.4 is 5.32 Å². The van der Waals surface area contributed by atoms with Crippen molar-refractivity contribution in [2.75, 3.05) is 11.1 Å². The summed E-state index contributed by atoms with van der Waals surface area (Å²) in [6, 6.07) is 11.0. The molecule has 0 saturated heterocycles. The van der Waals surface area contributed by atoms with Gasteiger partial charge in [0.1, 0.15) is 11.6 Å². The van der Waals surface area contributed by atoms with Crippen molar-refractivity contribution in [2.45, 2.75) is 11.7 Å². The summed E-state index contributed by atoms with van der Waals surface area (Å²) in [5.41, 5.74) is 0.898. The van der Waals surface area contributed by atoms with Crippen molar-refractivity contribution in [1.82, 2.24) is 14.8 Å². The lowest BCUT2D eigenvalue weighted by atomic mass is 10.1. The van der Waals surface area contributed by atoms with Gasteiger partial charge in [-0.2, -0.15) is 0 Å². The predicted molar refractivity (Wildman–Crippen MR) is 117 cm³/mol. The Morgan fingerprint density at radius 1 is 1.23 bits per heavy atom. The van der Waals surface area contributed by atoms with E-state index in [1.807, 2.05) is 34.2 Å². The van der Waals surface area contributed by atoms with Crippen LogP contribution in [-0.4, -0.2) is 26.4 Å². The zero-order chi connectivity index (χ0) is 21.1. The van der Waals surface area contributed by atoms with E-state index in [4.69, 9.17) is 0 Å². The molecular weight excluding hydrogens is 426 g/mol. The number of fused-ring (bicyclic) bond motifs is 1. The molecule has 0 aliphatic rings. The first-order valence-corrected chi connectivity index (χ1v) is 10.8. The largest absolute Gasteiger partial charge is 0.323 e. The van der Waals surface area contributed by atoms with Crippen LogP contribution in [0.3, 0.4) is 0 Å². The van der Waals surface area contributed by atoms with E-state index < -0.39 is 17.5 Å². The summed E-state index contributed by atoms with van der Waals surface area (Å²) in [7, 11) is 0. The molecule has 0 fully saturated rings. The van der Waals surface area contributed by atoms with E-state index in [2.05, 4.69) is 22.1 Å². The zero-order valence-electron chi connectivity index (χ0n) is 15.6. The van der Waals surface area contributed by atoms with Crippen LogP contribution in [0, 0.1) is 11.6 Å². The summed E-state index contributed by atoms with van der Waals surface area (Å²) in [4.78, 5) is 12.2. The second kappa shape index (κ2) is 8.76. The summed E-state index contributed by atoms with van der Waals surface area (Å²) >= 11 is 2.81. The number of benzene rings is 2. The van der Waals surface area contributed by atoms with Gasteiger partial charge in [0.15, 0.2) is 11.0 Å². The van der Waals surface area contributed by atoms with Gasteiger partial charge in [0.25, 0.3) is 0 Å². The van der Waals surface area contributed by atoms with Crippen molar-refractivity contribution < 1.29 is 13.6 Å². The van der Waals surface area contributed by atoms with E-state index in [0.717, 1.165) is 27.8 Å². The second-order valence-electron chi connectivity index (χ2n) is 6.31. The summed E-state index contributed by atoms with van der Waals surface area (Å²) in [6.45, 7) is 4.27. The third kappa shape index (κ3) is 4.12. The average molecular weight is 443 g/mol. The molecule has 4 aromatic rings. The van der Waals surface area contributed by atoms with E-state index in [9.17, 15) is 13.6 Å². The molecule has 5 nitrogen and oxygen atoms in total. The Bertz CT molecular complexity index is 1230. The second-order valence-corrected chi connectivity index (χ2v) is 8.17. The van der Waals surface area contributed by atoms with Gasteiger partial charge < -0.3 is 5.32 Å². The maximum Gasteiger partial charge on any atom is 0.234 e. The number of allylic oxidation sites excluding steroid dienone is 1. The molecule has 0 unspecified atom stereocenters. The predicted octanol–water partition coefficient (Wildman–Crippen LogP) is 5.35. The number of thiophene rings is 1. The quantitative estimate of drug-likeness (QED) is 0.309. The molecule has 0 aliphatic carbocycles. The molecule has 2 heterocycles. The van der Waals surface area contributed by atoms with Crippen LogP contribution >= 0.6 is 23.1 Å². The van der Waals surface area contributed by atoms with Gasteiger partial charge in [0.2, 0.25) is 5.91 Å². The van der Waals surface area contributed by atoms with Crippen LogP contribution in [0.15, 0.2) is 65.7 Å². The Hall–Kier alpha value is -3.04. The lowest BCUT2D eigenvalue weighted by Crippen LogP contribution is -2.15. The highest BCUT2D eigenvalue weighted by atomic mass is 32.2. The van der Waals surface area contributed by atoms with Crippen LogP contribution in [0.25, 0.3) is 21.5 Å². The summed E-state index contributed by atoms with van der Waals surface area (Å²) in [6.07, 6.45) is 1.74. The van der Waals surface area contributed by atoms with E-state index in [1.54, 1.807) is 17.4 Å². The van der Waals surface area contributed by atoms with Gasteiger partial charge in [-0.05, 0) is 18.2 Å². The SMILES string of the molecule is C=CCn1c(SCC(=O)Nc2ccc(F)cc2F)nnc1-c1csc2ccccc12. The summed E-state index contributed by atoms with van der Waals surface area (Å²) in [5.74, 6) is -1.27. The van der Waals surface area contributed by atoms with Crippen molar-refractivity contribution in [1.29, 1.82) is 0 Å². The molecule has 0 saturated carbocycles. The molecule has 1 N–H and O–H groups in total. The fourth-order valence-corrected chi connectivity index (χ4v) is 4.63. The smallest absolute Gasteiger partial charge is 0.234 e. The van der Waals surface area contributed by atoms with Crippen molar-refractivity contribution >= 4 is 44.8 Å². The number of anilines is 1. The highest BCUT2D eigenvalue weighted by Gasteiger charge is 2.18. The molecule has 1 amide bonds. The first-order chi connectivity index (χ1) is 14.6. The molecule has 4 rings (SSSR count). The number of thioether (sulfide) groups is 1. The van der Waals surface area contributed by atoms with Gasteiger partial charge in [0.05, 0.1) is 11.4 Å². The molecule has 2 aromatic carbocycles. The minimum atomic E-state index is -0.824. The number of hydrogen-bond donors (Lipinski definition) is 1. The Labute approximate surface area is 179 Å². The van der Waals surface area contributed by atoms with E-state index >= 15 is 0 Å². The molecule has 2 aromatic heterocycles. The highest BCUT2D eigenvalue weighted by Crippen LogP contribution is 2.34. The number of nitrogens with one attached hydrogen (secondary N) is 1. The van der Waals surface area contributed by atoms with Crippen LogP contribution in [0.4, 0.5) is 14.5 Å². The average Bonchev–Trinajstić information content (AvgIpc) is 3.33. The molecule has 0 aliphatic heterocycles. The highest BCUT2D eigenvalue weighted by molar-refractivity contribution is 7.99. The van der Waals surface area contributed by atoms with Crippen molar-refractivity contribution in [2.24, 2.45) is 0 Å². The van der Waals surface area contributed by atoms with Gasteiger partial charge in [-0.1, -0.05) is 36.0 Å². The molecule has 0 radical (unpaired) electrons. The lowest BCUT2D eigenvalue weighted by Gasteiger charge is -2.08. The molecular formula is C21H16F2N4OS2. The maximum absolute atomic E-state index is 13.7. The topological polar surface area (TPSA) is 59.8 Å². The van der Waals surface area contributed by atoms with Gasteiger partial charge in [0, 0.05) is 33.6 Å². The number of halogens is 2. The van der Waals surface area contributed by atoms with Crippen molar-refractivity contribution in [3.05, 3.63) is 72.1 Å². The molecule has 0 spiro atoms. The number of hydrogen-bond acceptors (Lipinski definition) is 5. The van der Waals surface area contributed by atoms with Crippen molar-refractivity contribution in [3.8, 4) is 11.4 Å². The van der Waals surface area contributed by atoms with E-state index in [1.165, 1.54) is 17.8 Å². The number of rotatable bonds is 7. The Kier molecular flexibility index (Phi) is 5.91. The summed E-state index contributed by atoms with van der Waals surface area (Å²) < 4.78 is 29.8. The van der Waals surface area contributed by atoms with Gasteiger partial charge >= 0.3 is 0 Å². The zero-order valence-corrected chi connectivity index (χ0v) is 17.3. The van der Waals surface area contributed by atoms with E-state index in [-0.39, 0.29) is 11.4 Å². The standard InChI is InChI=1S/C21H16F2N4OS2/c1-2-9-27-20(15-11-29-18-6-4-3-5-14(15)18)25-26-21(27)30-12-19(28)24-17-8-7-13(22)10-16(17)23/h2-8,10-11H,1,9,12H2,(H,24,28). The lowest BCUT2D eigenvalue weighted by molar-refractivity contribution is -0.113. The number of carbonyl (C=O) groups is 1. The van der Waals surface area contributed by atoms with Crippen molar-refractivity contribution in [3.63, 3.8) is 0 Å². The molecule has 0 bridgehead atoms. The molecule has 152 valence electrons. The van der Waals surface area contributed by atoms with Crippen LogP contribution in [-0.2, 0) is 11.3 Å². The maximum atomic E-state index is 13.7. The molecule has 0 atom stereocenters. The molecule has 30 heavy (non-hydrogen) atoms. The van der Waals surface area contributed by atoms with Gasteiger partial charge in [-0.3, -0.25) is 9.36 Å². The third-order valence-corrected chi connectivity index (χ3v) is 6.22. The van der Waals surface area contributed by atoms with Crippen LogP contribution in [0.2, 0.25) is 0 Å². The Balaban J connectivity index is 1.53. The summed E-state index contributed by atoms with van der Waals surface area (Å²) in [5, 5.41) is 14.7. The minimum Gasteiger partial charge on any atom is -0.323 e. The fraction of sp³-hybridized carbons (Fsp3) is 0.0952. The minimum absolute atomic E-state index is 0.00349. The Morgan fingerprint density at radius 3 is 2.87 bits per heavy atom. The van der Waals surface area contributed by atoms with Gasteiger partial charge in [-0.15, -0.1) is 28.1 Å². The van der Waals surface area contributed by atoms with Crippen LogP contribution in [0.1, 0.15) is 0 Å². The first-order valence-electron chi connectivity index (χ1n) is 8.95. The number of carbonyl (C=O) groups excluding carboxylic acids is 1. The number of aromatic nitrogens is 3. The van der Waals surface area contributed by atoms with E-state index in [0.29, 0.717) is 17.5 Å². The number of nitrogens with zero attached hydrogens (tertiary/aromatic N) is 3. The Morgan fingerprint density at radius 2 is 2.07 bits per heavy atom. The van der Waals surface area contributed by atoms with Crippen LogP contribution in [0.5, 0.6) is 0 Å². The fourth-order valence-electron chi connectivity index (χ4n) is 2.95. The third-order valence-electron chi connectivity index (χ3n) is 4.29. The number of amides is 1. The normalized spacial score (nSPS) is 11.0. The monoisotopic (exact) mass is 442 g/mol. The first kappa shape index (κ1) is 20.2.